The minimum absolute atomic E-state index is 0.110. The molecular weight excluding hydrogens is 340 g/mol. The molecule has 20 heavy (non-hydrogen) atoms. The van der Waals surface area contributed by atoms with Crippen LogP contribution in [0.1, 0.15) is 18.9 Å². The van der Waals surface area contributed by atoms with Crippen LogP contribution in [0.4, 0.5) is 0 Å². The number of halogens is 2. The van der Waals surface area contributed by atoms with E-state index in [0.29, 0.717) is 10.8 Å². The Morgan fingerprint density at radius 3 is 2.85 bits per heavy atom. The van der Waals surface area contributed by atoms with Crippen molar-refractivity contribution in [3.63, 3.8) is 0 Å². The van der Waals surface area contributed by atoms with Crippen molar-refractivity contribution >= 4 is 27.5 Å². The number of nitrogens with two attached hydrogens (primary N) is 1. The molecule has 1 aromatic heterocycles. The normalized spacial score (nSPS) is 12.2. The lowest BCUT2D eigenvalue weighted by atomic mass is 10.0. The number of rotatable bonds is 5. The van der Waals surface area contributed by atoms with Crippen molar-refractivity contribution in [1.82, 2.24) is 4.98 Å². The van der Waals surface area contributed by atoms with E-state index in [9.17, 15) is 0 Å². The Kier molecular flexibility index (Phi) is 5.40. The second-order valence-electron chi connectivity index (χ2n) is 4.57. The van der Waals surface area contributed by atoms with Gasteiger partial charge in [0.1, 0.15) is 11.5 Å². The quantitative estimate of drug-likeness (QED) is 0.854. The van der Waals surface area contributed by atoms with Crippen LogP contribution in [0.5, 0.6) is 11.5 Å². The van der Waals surface area contributed by atoms with E-state index >= 15 is 0 Å². The van der Waals surface area contributed by atoms with Crippen LogP contribution in [0.2, 0.25) is 5.02 Å². The second-order valence-corrected chi connectivity index (χ2v) is 5.92. The molecule has 0 aliphatic rings. The van der Waals surface area contributed by atoms with Crippen LogP contribution >= 0.6 is 27.5 Å². The van der Waals surface area contributed by atoms with Crippen LogP contribution in [0.25, 0.3) is 0 Å². The molecule has 0 aliphatic carbocycles. The molecule has 0 spiro atoms. The van der Waals surface area contributed by atoms with Gasteiger partial charge in [-0.1, -0.05) is 24.6 Å². The Bertz CT molecular complexity index is 592. The summed E-state index contributed by atoms with van der Waals surface area (Å²) in [5.41, 5.74) is 7.07. The van der Waals surface area contributed by atoms with E-state index in [2.05, 4.69) is 27.8 Å². The van der Waals surface area contributed by atoms with Crippen LogP contribution in [0.15, 0.2) is 41.1 Å². The number of aromatic nitrogens is 1. The Labute approximate surface area is 132 Å². The summed E-state index contributed by atoms with van der Waals surface area (Å²) in [6.07, 6.45) is 5.04. The summed E-state index contributed by atoms with van der Waals surface area (Å²) in [5, 5.41) is 0.636. The van der Waals surface area contributed by atoms with Gasteiger partial charge in [0.2, 0.25) is 0 Å². The standard InChI is InChI=1S/C15H16BrClN2O/c1-2-13(18)5-10-3-4-12(17)7-15(10)20-14-6-11(16)8-19-9-14/h3-4,6-9,13H,2,5,18H2,1H3. The molecule has 1 atom stereocenters. The summed E-state index contributed by atoms with van der Waals surface area (Å²) in [6.45, 7) is 2.07. The Balaban J connectivity index is 2.27. The van der Waals surface area contributed by atoms with Gasteiger partial charge in [-0.05, 0) is 52.5 Å². The summed E-state index contributed by atoms with van der Waals surface area (Å²) in [6, 6.07) is 7.58. The molecule has 0 aliphatic heterocycles. The van der Waals surface area contributed by atoms with Gasteiger partial charge < -0.3 is 10.5 Å². The summed E-state index contributed by atoms with van der Waals surface area (Å²) in [5.74, 6) is 1.38. The van der Waals surface area contributed by atoms with Crippen molar-refractivity contribution in [2.75, 3.05) is 0 Å². The maximum Gasteiger partial charge on any atom is 0.146 e. The predicted octanol–water partition coefficient (Wildman–Crippen LogP) is 4.57. The zero-order valence-corrected chi connectivity index (χ0v) is 13.5. The molecule has 0 radical (unpaired) electrons. The smallest absolute Gasteiger partial charge is 0.146 e. The van der Waals surface area contributed by atoms with E-state index in [0.717, 1.165) is 28.6 Å². The Morgan fingerprint density at radius 1 is 1.35 bits per heavy atom. The number of hydrogen-bond acceptors (Lipinski definition) is 3. The second kappa shape index (κ2) is 7.07. The third-order valence-corrected chi connectivity index (χ3v) is 3.61. The fraction of sp³-hybridized carbons (Fsp3) is 0.267. The number of pyridine rings is 1. The van der Waals surface area contributed by atoms with E-state index < -0.39 is 0 Å². The molecule has 2 rings (SSSR count). The van der Waals surface area contributed by atoms with Crippen LogP contribution in [-0.2, 0) is 6.42 Å². The third-order valence-electron chi connectivity index (χ3n) is 2.94. The zero-order chi connectivity index (χ0) is 14.5. The molecule has 1 unspecified atom stereocenters. The largest absolute Gasteiger partial charge is 0.455 e. The third kappa shape index (κ3) is 4.20. The highest BCUT2D eigenvalue weighted by Crippen LogP contribution is 2.30. The average molecular weight is 356 g/mol. The fourth-order valence-corrected chi connectivity index (χ4v) is 2.30. The summed E-state index contributed by atoms with van der Waals surface area (Å²) in [7, 11) is 0. The van der Waals surface area contributed by atoms with Crippen molar-refractivity contribution in [3.05, 3.63) is 51.7 Å². The van der Waals surface area contributed by atoms with Crippen LogP contribution in [0, 0.1) is 0 Å². The van der Waals surface area contributed by atoms with E-state index in [-0.39, 0.29) is 6.04 Å². The molecule has 0 amide bonds. The van der Waals surface area contributed by atoms with E-state index in [4.69, 9.17) is 22.1 Å². The van der Waals surface area contributed by atoms with E-state index in [1.165, 1.54) is 0 Å². The van der Waals surface area contributed by atoms with Crippen molar-refractivity contribution in [3.8, 4) is 11.5 Å². The van der Waals surface area contributed by atoms with Gasteiger partial charge in [-0.3, -0.25) is 4.98 Å². The minimum Gasteiger partial charge on any atom is -0.455 e. The lowest BCUT2D eigenvalue weighted by Gasteiger charge is -2.14. The zero-order valence-electron chi connectivity index (χ0n) is 11.1. The maximum absolute atomic E-state index is 6.05. The van der Waals surface area contributed by atoms with E-state index in [1.54, 1.807) is 18.5 Å². The van der Waals surface area contributed by atoms with Crippen LogP contribution in [0.3, 0.4) is 0 Å². The molecule has 5 heteroatoms. The molecule has 1 aromatic carbocycles. The molecule has 3 nitrogen and oxygen atoms in total. The van der Waals surface area contributed by atoms with Crippen molar-refractivity contribution in [2.45, 2.75) is 25.8 Å². The molecule has 0 saturated carbocycles. The molecule has 106 valence electrons. The highest BCUT2D eigenvalue weighted by molar-refractivity contribution is 9.10. The van der Waals surface area contributed by atoms with Crippen molar-refractivity contribution in [1.29, 1.82) is 0 Å². The fourth-order valence-electron chi connectivity index (χ4n) is 1.79. The monoisotopic (exact) mass is 354 g/mol. The molecule has 1 heterocycles. The van der Waals surface area contributed by atoms with Gasteiger partial charge in [-0.15, -0.1) is 0 Å². The summed E-state index contributed by atoms with van der Waals surface area (Å²) >= 11 is 9.42. The van der Waals surface area contributed by atoms with Gasteiger partial charge in [0, 0.05) is 21.7 Å². The van der Waals surface area contributed by atoms with Crippen molar-refractivity contribution < 1.29 is 4.74 Å². The molecular formula is C15H16BrClN2O. The maximum atomic E-state index is 6.05. The molecule has 2 N–H and O–H groups in total. The van der Waals surface area contributed by atoms with Gasteiger partial charge in [-0.25, -0.2) is 0 Å². The average Bonchev–Trinajstić information content (AvgIpc) is 2.41. The van der Waals surface area contributed by atoms with Gasteiger partial charge in [-0.2, -0.15) is 0 Å². The van der Waals surface area contributed by atoms with Crippen molar-refractivity contribution in [2.24, 2.45) is 5.73 Å². The number of benzene rings is 1. The first-order valence-corrected chi connectivity index (χ1v) is 7.58. The topological polar surface area (TPSA) is 48.1 Å². The summed E-state index contributed by atoms with van der Waals surface area (Å²) < 4.78 is 6.75. The lowest BCUT2D eigenvalue weighted by molar-refractivity contribution is 0.469. The SMILES string of the molecule is CCC(N)Cc1ccc(Cl)cc1Oc1cncc(Br)c1. The first kappa shape index (κ1) is 15.3. The number of ether oxygens (including phenoxy) is 1. The highest BCUT2D eigenvalue weighted by Gasteiger charge is 2.10. The molecule has 0 fully saturated rings. The minimum atomic E-state index is 0.110. The number of hydrogen-bond donors (Lipinski definition) is 1. The van der Waals surface area contributed by atoms with Gasteiger partial charge in [0.05, 0.1) is 6.20 Å². The predicted molar refractivity (Wildman–Crippen MR) is 85.4 cm³/mol. The van der Waals surface area contributed by atoms with Crippen LogP contribution < -0.4 is 10.5 Å². The molecule has 2 aromatic rings. The Hall–Kier alpha value is -1.10. The van der Waals surface area contributed by atoms with Gasteiger partial charge >= 0.3 is 0 Å². The lowest BCUT2D eigenvalue weighted by Crippen LogP contribution is -2.21. The van der Waals surface area contributed by atoms with Gasteiger partial charge in [0.25, 0.3) is 0 Å². The first-order valence-electron chi connectivity index (χ1n) is 6.41. The highest BCUT2D eigenvalue weighted by atomic mass is 79.9. The van der Waals surface area contributed by atoms with E-state index in [1.807, 2.05) is 18.2 Å². The first-order chi connectivity index (χ1) is 9.58. The molecule has 0 bridgehead atoms. The number of nitrogens with zero attached hydrogens (tertiary/aromatic N) is 1. The summed E-state index contributed by atoms with van der Waals surface area (Å²) in [4.78, 5) is 4.08. The van der Waals surface area contributed by atoms with Gasteiger partial charge in [0.15, 0.2) is 0 Å². The van der Waals surface area contributed by atoms with Crippen LogP contribution in [-0.4, -0.2) is 11.0 Å². The molecule has 0 saturated heterocycles. The Morgan fingerprint density at radius 2 is 2.15 bits per heavy atom.